The number of aromatic nitrogens is 2. The molecule has 112 valence electrons. The third-order valence-electron chi connectivity index (χ3n) is 3.86. The van der Waals surface area contributed by atoms with Crippen LogP contribution in [0.3, 0.4) is 0 Å². The lowest BCUT2D eigenvalue weighted by Crippen LogP contribution is -2.38. The summed E-state index contributed by atoms with van der Waals surface area (Å²) in [6, 6.07) is 5.56. The second-order valence-corrected chi connectivity index (χ2v) is 5.49. The first-order valence-electron chi connectivity index (χ1n) is 7.13. The number of piperidine rings is 1. The van der Waals surface area contributed by atoms with Crippen LogP contribution in [0.2, 0.25) is 0 Å². The predicted molar refractivity (Wildman–Crippen MR) is 82.0 cm³/mol. The van der Waals surface area contributed by atoms with Crippen LogP contribution in [0.5, 0.6) is 5.75 Å². The normalized spacial score (nSPS) is 18.8. The molecule has 1 saturated heterocycles. The van der Waals surface area contributed by atoms with Gasteiger partial charge in [-0.25, -0.2) is 4.98 Å². The molecule has 1 amide bonds. The van der Waals surface area contributed by atoms with Crippen molar-refractivity contribution in [3.8, 4) is 5.75 Å². The van der Waals surface area contributed by atoms with Gasteiger partial charge in [-0.3, -0.25) is 4.79 Å². The summed E-state index contributed by atoms with van der Waals surface area (Å²) in [6.45, 7) is 0.746. The number of fused-ring (bicyclic) bond motifs is 1. The predicted octanol–water partition coefficient (Wildman–Crippen LogP) is 2.28. The number of para-hydroxylation sites is 1. The smallest absolute Gasteiger partial charge is 0.243 e. The van der Waals surface area contributed by atoms with Gasteiger partial charge >= 0.3 is 0 Å². The van der Waals surface area contributed by atoms with E-state index in [0.717, 1.165) is 42.0 Å². The molecular weight excluding hydrogens is 290 g/mol. The Balaban J connectivity index is 2.18. The number of amides is 1. The number of imidazole rings is 1. The molecule has 1 aromatic carbocycles. The number of halogens is 1. The molecule has 1 N–H and O–H groups in total. The lowest BCUT2D eigenvalue weighted by atomic mass is 10.1. The molecule has 6 heteroatoms. The maximum atomic E-state index is 12.2. The average Bonchev–Trinajstić information content (AvgIpc) is 2.86. The standard InChI is InChI=1S/C15H18ClN3O2/c1-21-12-6-2-4-10-14(12)18-13(7-8-16)19(10)11-5-3-9-17-15(11)20/h2,4,6,11H,3,5,7-9H2,1H3,(H,17,20). The minimum atomic E-state index is -0.214. The van der Waals surface area contributed by atoms with Crippen molar-refractivity contribution in [1.29, 1.82) is 0 Å². The molecule has 0 aliphatic carbocycles. The Bertz CT molecular complexity index is 668. The van der Waals surface area contributed by atoms with E-state index >= 15 is 0 Å². The molecule has 1 fully saturated rings. The van der Waals surface area contributed by atoms with Gasteiger partial charge in [-0.05, 0) is 25.0 Å². The molecule has 0 spiro atoms. The molecule has 1 aliphatic heterocycles. The van der Waals surface area contributed by atoms with Gasteiger partial charge in [0.25, 0.3) is 0 Å². The fraction of sp³-hybridized carbons (Fsp3) is 0.467. The van der Waals surface area contributed by atoms with Crippen LogP contribution in [-0.2, 0) is 11.2 Å². The summed E-state index contributed by atoms with van der Waals surface area (Å²) in [7, 11) is 1.63. The minimum absolute atomic E-state index is 0.0548. The van der Waals surface area contributed by atoms with E-state index in [1.54, 1.807) is 7.11 Å². The maximum absolute atomic E-state index is 12.2. The first kappa shape index (κ1) is 14.2. The molecule has 1 unspecified atom stereocenters. The van der Waals surface area contributed by atoms with Gasteiger partial charge in [0, 0.05) is 18.8 Å². The number of carbonyl (C=O) groups excluding carboxylic acids is 1. The van der Waals surface area contributed by atoms with E-state index in [4.69, 9.17) is 16.3 Å². The fourth-order valence-electron chi connectivity index (χ4n) is 2.92. The highest BCUT2D eigenvalue weighted by molar-refractivity contribution is 6.18. The Labute approximate surface area is 128 Å². The van der Waals surface area contributed by atoms with Crippen LogP contribution >= 0.6 is 11.6 Å². The van der Waals surface area contributed by atoms with Crippen molar-refractivity contribution >= 4 is 28.5 Å². The number of ether oxygens (including phenoxy) is 1. The molecule has 0 saturated carbocycles. The molecule has 2 aromatic rings. The molecule has 1 atom stereocenters. The molecule has 3 rings (SSSR count). The number of methoxy groups -OCH3 is 1. The highest BCUT2D eigenvalue weighted by atomic mass is 35.5. The number of alkyl halides is 1. The third-order valence-corrected chi connectivity index (χ3v) is 4.05. The van der Waals surface area contributed by atoms with Crippen LogP contribution in [0.1, 0.15) is 24.7 Å². The first-order valence-corrected chi connectivity index (χ1v) is 7.67. The van der Waals surface area contributed by atoms with Gasteiger partial charge in [-0.1, -0.05) is 6.07 Å². The van der Waals surface area contributed by atoms with Crippen molar-refractivity contribution in [3.63, 3.8) is 0 Å². The van der Waals surface area contributed by atoms with Crippen LogP contribution in [0.15, 0.2) is 18.2 Å². The molecule has 21 heavy (non-hydrogen) atoms. The summed E-state index contributed by atoms with van der Waals surface area (Å²) in [6.07, 6.45) is 2.42. The van der Waals surface area contributed by atoms with E-state index in [-0.39, 0.29) is 11.9 Å². The van der Waals surface area contributed by atoms with Crippen LogP contribution in [0.4, 0.5) is 0 Å². The quantitative estimate of drug-likeness (QED) is 0.882. The van der Waals surface area contributed by atoms with E-state index in [0.29, 0.717) is 12.3 Å². The van der Waals surface area contributed by atoms with Gasteiger partial charge in [0.1, 0.15) is 23.1 Å². The fourth-order valence-corrected chi connectivity index (χ4v) is 3.08. The molecule has 0 radical (unpaired) electrons. The van der Waals surface area contributed by atoms with Gasteiger partial charge in [0.05, 0.1) is 12.6 Å². The Morgan fingerprint density at radius 1 is 1.52 bits per heavy atom. The molecule has 2 heterocycles. The largest absolute Gasteiger partial charge is 0.494 e. The Morgan fingerprint density at radius 3 is 3.10 bits per heavy atom. The molecule has 5 nitrogen and oxygen atoms in total. The Morgan fingerprint density at radius 2 is 2.38 bits per heavy atom. The van der Waals surface area contributed by atoms with Crippen LogP contribution < -0.4 is 10.1 Å². The highest BCUT2D eigenvalue weighted by Crippen LogP contribution is 2.31. The second kappa shape index (κ2) is 5.93. The van der Waals surface area contributed by atoms with Crippen molar-refractivity contribution in [2.75, 3.05) is 19.5 Å². The average molecular weight is 308 g/mol. The van der Waals surface area contributed by atoms with E-state index in [2.05, 4.69) is 10.3 Å². The van der Waals surface area contributed by atoms with Gasteiger partial charge in [-0.15, -0.1) is 11.6 Å². The van der Waals surface area contributed by atoms with Gasteiger partial charge in [0.15, 0.2) is 0 Å². The SMILES string of the molecule is COc1cccc2c1nc(CCCl)n2C1CCCNC1=O. The topological polar surface area (TPSA) is 56.1 Å². The summed E-state index contributed by atoms with van der Waals surface area (Å²) >= 11 is 5.90. The van der Waals surface area contributed by atoms with Gasteiger partial charge < -0.3 is 14.6 Å². The van der Waals surface area contributed by atoms with Crippen molar-refractivity contribution in [3.05, 3.63) is 24.0 Å². The van der Waals surface area contributed by atoms with Crippen molar-refractivity contribution in [1.82, 2.24) is 14.9 Å². The van der Waals surface area contributed by atoms with Crippen LogP contribution in [0, 0.1) is 0 Å². The van der Waals surface area contributed by atoms with Crippen LogP contribution in [-0.4, -0.2) is 35.0 Å². The molecule has 0 bridgehead atoms. The second-order valence-electron chi connectivity index (χ2n) is 5.11. The maximum Gasteiger partial charge on any atom is 0.243 e. The first-order chi connectivity index (χ1) is 10.3. The Hall–Kier alpha value is -1.75. The number of carbonyl (C=O) groups is 1. The van der Waals surface area contributed by atoms with Crippen molar-refractivity contribution in [2.24, 2.45) is 0 Å². The number of hydrogen-bond acceptors (Lipinski definition) is 3. The van der Waals surface area contributed by atoms with E-state index < -0.39 is 0 Å². The number of nitrogens with one attached hydrogen (secondary N) is 1. The minimum Gasteiger partial charge on any atom is -0.494 e. The lowest BCUT2D eigenvalue weighted by Gasteiger charge is -2.25. The summed E-state index contributed by atoms with van der Waals surface area (Å²) < 4.78 is 7.40. The van der Waals surface area contributed by atoms with Crippen molar-refractivity contribution in [2.45, 2.75) is 25.3 Å². The summed E-state index contributed by atoms with van der Waals surface area (Å²) in [5.41, 5.74) is 1.72. The van der Waals surface area contributed by atoms with Gasteiger partial charge in [-0.2, -0.15) is 0 Å². The number of nitrogens with zero attached hydrogens (tertiary/aromatic N) is 2. The Kier molecular flexibility index (Phi) is 4.01. The van der Waals surface area contributed by atoms with Gasteiger partial charge in [0.2, 0.25) is 5.91 Å². The monoisotopic (exact) mass is 307 g/mol. The number of rotatable bonds is 4. The number of benzene rings is 1. The molecule has 1 aromatic heterocycles. The summed E-state index contributed by atoms with van der Waals surface area (Å²) in [5, 5.41) is 2.93. The van der Waals surface area contributed by atoms with Crippen molar-refractivity contribution < 1.29 is 9.53 Å². The molecular formula is C15H18ClN3O2. The number of aryl methyl sites for hydroxylation is 1. The third kappa shape index (κ3) is 2.46. The summed E-state index contributed by atoms with van der Waals surface area (Å²) in [5.74, 6) is 2.09. The van der Waals surface area contributed by atoms with E-state index in [1.165, 1.54) is 0 Å². The van der Waals surface area contributed by atoms with E-state index in [9.17, 15) is 4.79 Å². The zero-order chi connectivity index (χ0) is 14.8. The van der Waals surface area contributed by atoms with E-state index in [1.807, 2.05) is 22.8 Å². The number of hydrogen-bond donors (Lipinski definition) is 1. The lowest BCUT2D eigenvalue weighted by molar-refractivity contribution is -0.125. The zero-order valence-electron chi connectivity index (χ0n) is 11.9. The summed E-state index contributed by atoms with van der Waals surface area (Å²) in [4.78, 5) is 16.9. The van der Waals surface area contributed by atoms with Crippen LogP contribution in [0.25, 0.3) is 11.0 Å². The highest BCUT2D eigenvalue weighted by Gasteiger charge is 2.28. The zero-order valence-corrected chi connectivity index (χ0v) is 12.7. The molecule has 1 aliphatic rings.